The van der Waals surface area contributed by atoms with E-state index in [2.05, 4.69) is 15.6 Å². The smallest absolute Gasteiger partial charge is 0.348 e. The molecule has 1 aliphatic carbocycles. The molecule has 3 rings (SSSR count). The number of rotatable bonds is 4. The van der Waals surface area contributed by atoms with Crippen molar-refractivity contribution in [1.29, 1.82) is 0 Å². The van der Waals surface area contributed by atoms with Gasteiger partial charge in [0.05, 0.1) is 17.4 Å². The Kier molecular flexibility index (Phi) is 5.26. The van der Waals surface area contributed by atoms with Crippen LogP contribution in [0.15, 0.2) is 30.5 Å². The number of carbonyl (C=O) groups excluding carboxylic acids is 1. The fourth-order valence-corrected chi connectivity index (χ4v) is 3.24. The molecule has 2 atom stereocenters. The van der Waals surface area contributed by atoms with Crippen LogP contribution in [-0.4, -0.2) is 33.5 Å². The molecule has 6 nitrogen and oxygen atoms in total. The monoisotopic (exact) mass is 367 g/mol. The number of amides is 1. The Hall–Kier alpha value is -2.42. The number of benzene rings is 1. The van der Waals surface area contributed by atoms with Gasteiger partial charge in [-0.3, -0.25) is 4.79 Å². The van der Waals surface area contributed by atoms with Crippen molar-refractivity contribution in [3.8, 4) is 5.69 Å². The number of aromatic nitrogens is 3. The standard InChI is InChI=1S/C17H20F3N5O/c18-17(19,20)12-5-3-6-13(8-12)25-10-15(23-24-25)16(26)22-14-7-2-1-4-11(14)9-21/h3,5-6,8,10-11,14H,1-2,4,7,9,21H2,(H,22,26)/t11-,14-/m1/s1. The molecule has 3 N–H and O–H groups in total. The van der Waals surface area contributed by atoms with E-state index in [1.54, 1.807) is 0 Å². The molecule has 0 unspecified atom stereocenters. The van der Waals surface area contributed by atoms with Gasteiger partial charge in [-0.15, -0.1) is 5.10 Å². The van der Waals surface area contributed by atoms with Crippen LogP contribution in [0, 0.1) is 5.92 Å². The maximum absolute atomic E-state index is 12.8. The first-order chi connectivity index (χ1) is 12.4. The van der Waals surface area contributed by atoms with E-state index in [1.807, 2.05) is 0 Å². The fraction of sp³-hybridized carbons (Fsp3) is 0.471. The van der Waals surface area contributed by atoms with Crippen LogP contribution in [0.25, 0.3) is 5.69 Å². The van der Waals surface area contributed by atoms with Crippen LogP contribution in [0.5, 0.6) is 0 Å². The molecule has 0 radical (unpaired) electrons. The SMILES string of the molecule is NC[C@H]1CCCC[C@H]1NC(=O)c1cn(-c2cccc(C(F)(F)F)c2)nn1. The van der Waals surface area contributed by atoms with Gasteiger partial charge in [0, 0.05) is 6.04 Å². The molecule has 1 aromatic heterocycles. The summed E-state index contributed by atoms with van der Waals surface area (Å²) in [7, 11) is 0. The summed E-state index contributed by atoms with van der Waals surface area (Å²) in [4.78, 5) is 12.4. The van der Waals surface area contributed by atoms with E-state index < -0.39 is 17.6 Å². The Morgan fingerprint density at radius 3 is 2.81 bits per heavy atom. The minimum absolute atomic E-state index is 0.0139. The fourth-order valence-electron chi connectivity index (χ4n) is 3.24. The number of carbonyl (C=O) groups is 1. The first-order valence-corrected chi connectivity index (χ1v) is 8.49. The predicted molar refractivity (Wildman–Crippen MR) is 88.6 cm³/mol. The lowest BCUT2D eigenvalue weighted by atomic mass is 9.84. The third kappa shape index (κ3) is 4.04. The van der Waals surface area contributed by atoms with E-state index in [0.29, 0.717) is 6.54 Å². The third-order valence-corrected chi connectivity index (χ3v) is 4.69. The Bertz CT molecular complexity index is 774. The summed E-state index contributed by atoms with van der Waals surface area (Å²) in [5.41, 5.74) is 5.22. The van der Waals surface area contributed by atoms with Gasteiger partial charge in [0.15, 0.2) is 5.69 Å². The Morgan fingerprint density at radius 1 is 1.31 bits per heavy atom. The Labute approximate surface area is 148 Å². The van der Waals surface area contributed by atoms with Crippen molar-refractivity contribution >= 4 is 5.91 Å². The highest BCUT2D eigenvalue weighted by atomic mass is 19.4. The average Bonchev–Trinajstić information content (AvgIpc) is 3.12. The van der Waals surface area contributed by atoms with Gasteiger partial charge in [-0.25, -0.2) is 4.68 Å². The van der Waals surface area contributed by atoms with Crippen molar-refractivity contribution in [3.05, 3.63) is 41.7 Å². The highest BCUT2D eigenvalue weighted by Crippen LogP contribution is 2.30. The minimum atomic E-state index is -4.45. The first-order valence-electron chi connectivity index (χ1n) is 8.49. The molecule has 1 heterocycles. The number of hydrogen-bond donors (Lipinski definition) is 2. The van der Waals surface area contributed by atoms with Gasteiger partial charge in [-0.05, 0) is 43.5 Å². The van der Waals surface area contributed by atoms with Gasteiger partial charge in [0.25, 0.3) is 5.91 Å². The van der Waals surface area contributed by atoms with Crippen molar-refractivity contribution in [3.63, 3.8) is 0 Å². The molecule has 1 saturated carbocycles. The van der Waals surface area contributed by atoms with Crippen molar-refractivity contribution in [1.82, 2.24) is 20.3 Å². The van der Waals surface area contributed by atoms with E-state index in [4.69, 9.17) is 5.73 Å². The number of nitrogens with zero attached hydrogens (tertiary/aromatic N) is 3. The second-order valence-electron chi connectivity index (χ2n) is 6.46. The Morgan fingerprint density at radius 2 is 2.08 bits per heavy atom. The lowest BCUT2D eigenvalue weighted by Crippen LogP contribution is -2.44. The highest BCUT2D eigenvalue weighted by molar-refractivity contribution is 5.92. The summed E-state index contributed by atoms with van der Waals surface area (Å²) in [6.45, 7) is 0.502. The maximum atomic E-state index is 12.8. The molecule has 9 heteroatoms. The van der Waals surface area contributed by atoms with E-state index in [9.17, 15) is 18.0 Å². The summed E-state index contributed by atoms with van der Waals surface area (Å²) in [6.07, 6.45) is 0.826. The third-order valence-electron chi connectivity index (χ3n) is 4.69. The zero-order valence-electron chi connectivity index (χ0n) is 14.0. The van der Waals surface area contributed by atoms with Gasteiger partial charge in [-0.2, -0.15) is 13.2 Å². The summed E-state index contributed by atoms with van der Waals surface area (Å²) >= 11 is 0. The van der Waals surface area contributed by atoms with Crippen LogP contribution < -0.4 is 11.1 Å². The van der Waals surface area contributed by atoms with Gasteiger partial charge in [0.1, 0.15) is 0 Å². The maximum Gasteiger partial charge on any atom is 0.416 e. The second-order valence-corrected chi connectivity index (χ2v) is 6.46. The molecule has 1 aliphatic rings. The van der Waals surface area contributed by atoms with E-state index in [-0.39, 0.29) is 23.3 Å². The van der Waals surface area contributed by atoms with Crippen molar-refractivity contribution in [2.75, 3.05) is 6.54 Å². The summed E-state index contributed by atoms with van der Waals surface area (Å²) in [5.74, 6) is -0.167. The van der Waals surface area contributed by atoms with Gasteiger partial charge in [-0.1, -0.05) is 24.1 Å². The highest BCUT2D eigenvalue weighted by Gasteiger charge is 2.31. The molecule has 0 spiro atoms. The lowest BCUT2D eigenvalue weighted by molar-refractivity contribution is -0.137. The van der Waals surface area contributed by atoms with Crippen LogP contribution in [0.4, 0.5) is 13.2 Å². The normalized spacial score (nSPS) is 20.8. The Balaban J connectivity index is 1.74. The summed E-state index contributed by atoms with van der Waals surface area (Å²) in [5, 5.41) is 10.5. The lowest BCUT2D eigenvalue weighted by Gasteiger charge is -2.30. The number of nitrogens with one attached hydrogen (secondary N) is 1. The summed E-state index contributed by atoms with van der Waals surface area (Å²) < 4.78 is 39.6. The molecule has 140 valence electrons. The number of halogens is 3. The van der Waals surface area contributed by atoms with Crippen molar-refractivity contribution in [2.24, 2.45) is 11.7 Å². The molecule has 1 aromatic carbocycles. The van der Waals surface area contributed by atoms with Gasteiger partial charge >= 0.3 is 6.18 Å². The van der Waals surface area contributed by atoms with Crippen LogP contribution in [-0.2, 0) is 6.18 Å². The topological polar surface area (TPSA) is 85.8 Å². The predicted octanol–water partition coefficient (Wildman–Crippen LogP) is 2.53. The summed E-state index contributed by atoms with van der Waals surface area (Å²) in [6, 6.07) is 4.68. The molecule has 26 heavy (non-hydrogen) atoms. The molecule has 1 amide bonds. The zero-order chi connectivity index (χ0) is 18.7. The first kappa shape index (κ1) is 18.4. The molecular weight excluding hydrogens is 347 g/mol. The number of alkyl halides is 3. The molecule has 0 aliphatic heterocycles. The largest absolute Gasteiger partial charge is 0.416 e. The van der Waals surface area contributed by atoms with E-state index in [1.165, 1.54) is 18.3 Å². The second kappa shape index (κ2) is 7.45. The number of hydrogen-bond acceptors (Lipinski definition) is 4. The molecule has 0 bridgehead atoms. The van der Waals surface area contributed by atoms with Crippen molar-refractivity contribution in [2.45, 2.75) is 37.9 Å². The van der Waals surface area contributed by atoms with Gasteiger partial charge in [0.2, 0.25) is 0 Å². The van der Waals surface area contributed by atoms with E-state index in [0.717, 1.165) is 42.5 Å². The van der Waals surface area contributed by atoms with E-state index >= 15 is 0 Å². The molecule has 2 aromatic rings. The molecule has 1 fully saturated rings. The van der Waals surface area contributed by atoms with Crippen LogP contribution >= 0.6 is 0 Å². The van der Waals surface area contributed by atoms with Gasteiger partial charge < -0.3 is 11.1 Å². The quantitative estimate of drug-likeness (QED) is 0.870. The number of nitrogens with two attached hydrogens (primary N) is 1. The molecular formula is C17H20F3N5O. The average molecular weight is 367 g/mol. The minimum Gasteiger partial charge on any atom is -0.348 e. The van der Waals surface area contributed by atoms with Crippen LogP contribution in [0.2, 0.25) is 0 Å². The van der Waals surface area contributed by atoms with Crippen LogP contribution in [0.1, 0.15) is 41.7 Å². The molecule has 0 saturated heterocycles. The zero-order valence-corrected chi connectivity index (χ0v) is 14.0. The van der Waals surface area contributed by atoms with Crippen LogP contribution in [0.3, 0.4) is 0 Å². The van der Waals surface area contributed by atoms with Crippen molar-refractivity contribution < 1.29 is 18.0 Å².